The van der Waals surface area contributed by atoms with E-state index in [4.69, 9.17) is 22.2 Å². The van der Waals surface area contributed by atoms with Crippen LogP contribution in [0.2, 0.25) is 0 Å². The third-order valence-corrected chi connectivity index (χ3v) is 4.51. The third kappa shape index (κ3) is 3.82. The summed E-state index contributed by atoms with van der Waals surface area (Å²) >= 11 is 6.21. The van der Waals surface area contributed by atoms with Crippen LogP contribution >= 0.6 is 24.0 Å². The van der Waals surface area contributed by atoms with Gasteiger partial charge in [-0.2, -0.15) is 5.26 Å². The van der Waals surface area contributed by atoms with Crippen LogP contribution in [0.25, 0.3) is 6.08 Å². The number of nitriles is 1. The van der Waals surface area contributed by atoms with Gasteiger partial charge in [0.25, 0.3) is 5.91 Å². The number of amides is 1. The molecule has 1 N–H and O–H groups in total. The van der Waals surface area contributed by atoms with Gasteiger partial charge in [-0.05, 0) is 29.8 Å². The number of ether oxygens (including phenoxy) is 1. The lowest BCUT2D eigenvalue weighted by molar-refractivity contribution is -0.115. The molecule has 0 aliphatic carbocycles. The van der Waals surface area contributed by atoms with Gasteiger partial charge in [-0.1, -0.05) is 54.3 Å². The van der Waals surface area contributed by atoms with Crippen LogP contribution in [0.15, 0.2) is 53.4 Å². The summed E-state index contributed by atoms with van der Waals surface area (Å²) in [6.07, 6.45) is 1.79. The Morgan fingerprint density at radius 2 is 1.96 bits per heavy atom. The summed E-state index contributed by atoms with van der Waals surface area (Å²) in [6, 6.07) is 16.9. The zero-order chi connectivity index (χ0) is 16.9. The molecule has 0 unspecified atom stereocenters. The largest absolute Gasteiger partial charge is 0.489 e. The topological polar surface area (TPSA) is 62.1 Å². The molecule has 1 saturated heterocycles. The summed E-state index contributed by atoms with van der Waals surface area (Å²) in [4.78, 5) is 12.2. The Morgan fingerprint density at radius 3 is 2.62 bits per heavy atom. The van der Waals surface area contributed by atoms with E-state index >= 15 is 0 Å². The molecule has 118 valence electrons. The molecule has 24 heavy (non-hydrogen) atoms. The number of rotatable bonds is 4. The molecular formula is C18H12N2O2S2. The predicted molar refractivity (Wildman–Crippen MR) is 98.2 cm³/mol. The first-order valence-corrected chi connectivity index (χ1v) is 8.34. The Morgan fingerprint density at radius 1 is 1.21 bits per heavy atom. The Balaban J connectivity index is 1.67. The number of thioether (sulfide) groups is 1. The molecule has 1 aliphatic heterocycles. The Labute approximate surface area is 149 Å². The lowest BCUT2D eigenvalue weighted by atomic mass is 10.1. The van der Waals surface area contributed by atoms with Crippen molar-refractivity contribution in [1.29, 1.82) is 5.26 Å². The number of hydrogen-bond acceptors (Lipinski definition) is 5. The normalized spacial score (nSPS) is 15.2. The zero-order valence-corrected chi connectivity index (χ0v) is 14.1. The van der Waals surface area contributed by atoms with Crippen LogP contribution in [-0.4, -0.2) is 10.2 Å². The van der Waals surface area contributed by atoms with Gasteiger partial charge in [0, 0.05) is 5.56 Å². The molecular weight excluding hydrogens is 340 g/mol. The van der Waals surface area contributed by atoms with Gasteiger partial charge in [0.05, 0.1) is 16.5 Å². The van der Waals surface area contributed by atoms with Crippen LogP contribution in [0.3, 0.4) is 0 Å². The second-order valence-corrected chi connectivity index (χ2v) is 6.70. The molecule has 2 aromatic carbocycles. The smallest absolute Gasteiger partial charge is 0.263 e. The van der Waals surface area contributed by atoms with Gasteiger partial charge in [-0.25, -0.2) is 0 Å². The first-order valence-electron chi connectivity index (χ1n) is 7.11. The number of nitrogens with one attached hydrogen (secondary N) is 1. The van der Waals surface area contributed by atoms with Crippen LogP contribution < -0.4 is 10.1 Å². The summed E-state index contributed by atoms with van der Waals surface area (Å²) in [7, 11) is 0. The summed E-state index contributed by atoms with van der Waals surface area (Å²) in [5.41, 5.74) is 2.35. The van der Waals surface area contributed by atoms with Gasteiger partial charge in [0.2, 0.25) is 0 Å². The molecule has 0 radical (unpaired) electrons. The third-order valence-electron chi connectivity index (χ3n) is 3.35. The van der Waals surface area contributed by atoms with Gasteiger partial charge in [0.15, 0.2) is 0 Å². The molecule has 0 atom stereocenters. The molecule has 0 aromatic heterocycles. The van der Waals surface area contributed by atoms with E-state index in [1.165, 1.54) is 11.8 Å². The second kappa shape index (κ2) is 7.30. The van der Waals surface area contributed by atoms with Crippen molar-refractivity contribution in [2.75, 3.05) is 0 Å². The number of carbonyl (C=O) groups excluding carboxylic acids is 1. The Kier molecular flexibility index (Phi) is 4.94. The van der Waals surface area contributed by atoms with Crippen molar-refractivity contribution in [3.8, 4) is 11.8 Å². The van der Waals surface area contributed by atoms with Crippen molar-refractivity contribution < 1.29 is 9.53 Å². The minimum Gasteiger partial charge on any atom is -0.489 e. The summed E-state index contributed by atoms with van der Waals surface area (Å²) < 4.78 is 6.20. The first-order chi connectivity index (χ1) is 11.7. The van der Waals surface area contributed by atoms with Crippen LogP contribution in [0.5, 0.6) is 5.75 Å². The van der Waals surface area contributed by atoms with Gasteiger partial charge in [-0.15, -0.1) is 0 Å². The van der Waals surface area contributed by atoms with Gasteiger partial charge < -0.3 is 10.1 Å². The van der Waals surface area contributed by atoms with E-state index in [2.05, 4.69) is 11.4 Å². The highest BCUT2D eigenvalue weighted by Gasteiger charge is 2.21. The molecule has 0 bridgehead atoms. The minimum atomic E-state index is -0.168. The molecule has 1 amide bonds. The highest BCUT2D eigenvalue weighted by Crippen LogP contribution is 2.26. The van der Waals surface area contributed by atoms with E-state index in [0.29, 0.717) is 27.1 Å². The van der Waals surface area contributed by atoms with Crippen molar-refractivity contribution >= 4 is 40.3 Å². The lowest BCUT2D eigenvalue weighted by Gasteiger charge is -2.07. The highest BCUT2D eigenvalue weighted by atomic mass is 32.2. The average molecular weight is 352 g/mol. The summed E-state index contributed by atoms with van der Waals surface area (Å²) in [5.74, 6) is 0.530. The molecule has 2 aromatic rings. The number of benzene rings is 2. The summed E-state index contributed by atoms with van der Waals surface area (Å²) in [5, 5.41) is 11.7. The van der Waals surface area contributed by atoms with E-state index < -0.39 is 0 Å². The molecule has 3 rings (SSSR count). The molecule has 0 saturated carbocycles. The molecule has 1 heterocycles. The van der Waals surface area contributed by atoms with Crippen LogP contribution in [0.1, 0.15) is 16.7 Å². The first kappa shape index (κ1) is 16.2. The fourth-order valence-corrected chi connectivity index (χ4v) is 3.19. The minimum absolute atomic E-state index is 0.168. The van der Waals surface area contributed by atoms with Gasteiger partial charge in [-0.3, -0.25) is 4.79 Å². The monoisotopic (exact) mass is 352 g/mol. The van der Waals surface area contributed by atoms with Crippen LogP contribution in [-0.2, 0) is 11.4 Å². The molecule has 6 heteroatoms. The second-order valence-electron chi connectivity index (χ2n) is 4.98. The Hall–Kier alpha value is -2.62. The quantitative estimate of drug-likeness (QED) is 0.672. The number of nitrogens with zero attached hydrogens (tertiary/aromatic N) is 1. The van der Waals surface area contributed by atoms with Crippen molar-refractivity contribution in [2.45, 2.75) is 6.61 Å². The fourth-order valence-electron chi connectivity index (χ4n) is 2.15. The summed E-state index contributed by atoms with van der Waals surface area (Å²) in [6.45, 7) is 0.330. The van der Waals surface area contributed by atoms with E-state index in [1.54, 1.807) is 12.1 Å². The molecule has 4 nitrogen and oxygen atoms in total. The zero-order valence-electron chi connectivity index (χ0n) is 12.5. The average Bonchev–Trinajstić information content (AvgIpc) is 2.91. The van der Waals surface area contributed by atoms with Gasteiger partial charge >= 0.3 is 0 Å². The van der Waals surface area contributed by atoms with E-state index in [-0.39, 0.29) is 5.91 Å². The van der Waals surface area contributed by atoms with E-state index in [0.717, 1.165) is 11.1 Å². The number of carbonyl (C=O) groups is 1. The van der Waals surface area contributed by atoms with Crippen LogP contribution in [0, 0.1) is 11.3 Å². The maximum Gasteiger partial charge on any atom is 0.263 e. The Bertz CT molecular complexity index is 867. The van der Waals surface area contributed by atoms with Gasteiger partial charge in [0.1, 0.15) is 16.7 Å². The maximum atomic E-state index is 11.6. The van der Waals surface area contributed by atoms with E-state index in [9.17, 15) is 4.79 Å². The lowest BCUT2D eigenvalue weighted by Crippen LogP contribution is -2.17. The molecule has 1 aliphatic rings. The van der Waals surface area contributed by atoms with Crippen LogP contribution in [0.4, 0.5) is 0 Å². The highest BCUT2D eigenvalue weighted by molar-refractivity contribution is 8.26. The predicted octanol–water partition coefficient (Wildman–Crippen LogP) is 3.63. The van der Waals surface area contributed by atoms with Crippen molar-refractivity contribution in [3.05, 3.63) is 70.1 Å². The maximum absolute atomic E-state index is 11.6. The standard InChI is InChI=1S/C18H12N2O2S2/c19-10-13-3-1-2-4-14(13)11-22-15-7-5-12(6-8-15)9-16-17(21)20-18(23)24-16/h1-9H,11H2,(H,20,21,23). The van der Waals surface area contributed by atoms with Crippen molar-refractivity contribution in [2.24, 2.45) is 0 Å². The SMILES string of the molecule is N#Cc1ccccc1COc1ccc(C=C2SC(=S)NC2=O)cc1. The fraction of sp³-hybridized carbons (Fsp3) is 0.0556. The van der Waals surface area contributed by atoms with E-state index in [1.807, 2.05) is 42.5 Å². The molecule has 1 fully saturated rings. The van der Waals surface area contributed by atoms with Crippen molar-refractivity contribution in [3.63, 3.8) is 0 Å². The van der Waals surface area contributed by atoms with Crippen molar-refractivity contribution in [1.82, 2.24) is 5.32 Å². The number of hydrogen-bond donors (Lipinski definition) is 1. The number of thiocarbonyl (C=S) groups is 1. The molecule has 0 spiro atoms.